The Morgan fingerprint density at radius 2 is 2.14 bits per heavy atom. The minimum absolute atomic E-state index is 0.200. The smallest absolute Gasteiger partial charge is 0.267 e. The van der Waals surface area contributed by atoms with E-state index in [1.54, 1.807) is 18.2 Å². The Kier molecular flexibility index (Phi) is 2.01. The van der Waals surface area contributed by atoms with Crippen molar-refractivity contribution >= 4 is 5.91 Å². The van der Waals surface area contributed by atoms with Crippen molar-refractivity contribution in [2.75, 3.05) is 13.8 Å². The van der Waals surface area contributed by atoms with Gasteiger partial charge in [0.05, 0.1) is 0 Å². The first kappa shape index (κ1) is 8.83. The normalized spacial score (nSPS) is 12.7. The number of carbonyl (C=O) groups is 1. The third-order valence-electron chi connectivity index (χ3n) is 1.94. The first-order chi connectivity index (χ1) is 6.68. The molecule has 1 amide bonds. The van der Waals surface area contributed by atoms with Crippen molar-refractivity contribution < 1.29 is 14.3 Å². The van der Waals surface area contributed by atoms with Crippen LogP contribution in [-0.4, -0.2) is 24.8 Å². The molecule has 5 nitrogen and oxygen atoms in total. The molecule has 74 valence electrons. The van der Waals surface area contributed by atoms with E-state index in [0.717, 1.165) is 5.01 Å². The van der Waals surface area contributed by atoms with Crippen molar-refractivity contribution in [2.45, 2.75) is 0 Å². The summed E-state index contributed by atoms with van der Waals surface area (Å²) >= 11 is 0. The second kappa shape index (κ2) is 3.19. The van der Waals surface area contributed by atoms with Crippen LogP contribution in [0.25, 0.3) is 0 Å². The van der Waals surface area contributed by atoms with Crippen LogP contribution in [0.15, 0.2) is 18.2 Å². The van der Waals surface area contributed by atoms with Gasteiger partial charge in [0.25, 0.3) is 5.91 Å². The molecule has 1 aromatic carbocycles. The predicted octanol–water partition coefficient (Wildman–Crippen LogP) is 0.361. The summed E-state index contributed by atoms with van der Waals surface area (Å²) in [5, 5.41) is 1.03. The number of fused-ring (bicyclic) bond motifs is 1. The summed E-state index contributed by atoms with van der Waals surface area (Å²) in [6.07, 6.45) is 0. The van der Waals surface area contributed by atoms with Crippen LogP contribution in [0.3, 0.4) is 0 Å². The third-order valence-corrected chi connectivity index (χ3v) is 1.94. The standard InChI is InChI=1S/C9H10N2O3/c1-11(10)9(12)6-2-3-7-8(4-6)14-5-13-7/h2-4H,5,10H2,1H3. The van der Waals surface area contributed by atoms with Crippen LogP contribution in [0, 0.1) is 0 Å². The molecule has 0 fully saturated rings. The number of hydrogen-bond acceptors (Lipinski definition) is 4. The lowest BCUT2D eigenvalue weighted by Crippen LogP contribution is -2.32. The van der Waals surface area contributed by atoms with Crippen molar-refractivity contribution in [3.05, 3.63) is 23.8 Å². The van der Waals surface area contributed by atoms with Crippen LogP contribution in [0.4, 0.5) is 0 Å². The molecule has 2 rings (SSSR count). The van der Waals surface area contributed by atoms with Gasteiger partial charge in [-0.25, -0.2) is 5.84 Å². The summed E-state index contributed by atoms with van der Waals surface area (Å²) < 4.78 is 10.3. The molecule has 0 atom stereocenters. The summed E-state index contributed by atoms with van der Waals surface area (Å²) in [7, 11) is 1.49. The van der Waals surface area contributed by atoms with Crippen LogP contribution in [0.2, 0.25) is 0 Å². The summed E-state index contributed by atoms with van der Waals surface area (Å²) in [6.45, 7) is 0.200. The average molecular weight is 194 g/mol. The van der Waals surface area contributed by atoms with Crippen LogP contribution >= 0.6 is 0 Å². The second-order valence-electron chi connectivity index (χ2n) is 2.98. The Bertz CT molecular complexity index is 376. The van der Waals surface area contributed by atoms with Gasteiger partial charge < -0.3 is 9.47 Å². The van der Waals surface area contributed by atoms with E-state index in [4.69, 9.17) is 15.3 Å². The molecule has 0 saturated heterocycles. The van der Waals surface area contributed by atoms with E-state index in [-0.39, 0.29) is 12.7 Å². The number of rotatable bonds is 1. The molecule has 1 aliphatic heterocycles. The zero-order valence-corrected chi connectivity index (χ0v) is 7.69. The monoisotopic (exact) mass is 194 g/mol. The van der Waals surface area contributed by atoms with Gasteiger partial charge >= 0.3 is 0 Å². The number of amides is 1. The molecule has 2 N–H and O–H groups in total. The van der Waals surface area contributed by atoms with Gasteiger partial charge in [0.15, 0.2) is 11.5 Å². The van der Waals surface area contributed by atoms with Gasteiger partial charge in [-0.3, -0.25) is 9.80 Å². The lowest BCUT2D eigenvalue weighted by atomic mass is 10.2. The molecule has 0 spiro atoms. The molecular weight excluding hydrogens is 184 g/mol. The average Bonchev–Trinajstić information content (AvgIpc) is 2.62. The molecule has 1 aliphatic rings. The van der Waals surface area contributed by atoms with Crippen molar-refractivity contribution in [1.82, 2.24) is 5.01 Å². The van der Waals surface area contributed by atoms with E-state index in [1.807, 2.05) is 0 Å². The number of ether oxygens (including phenoxy) is 2. The van der Waals surface area contributed by atoms with E-state index in [9.17, 15) is 4.79 Å². The first-order valence-corrected chi connectivity index (χ1v) is 4.11. The Hall–Kier alpha value is -1.75. The predicted molar refractivity (Wildman–Crippen MR) is 48.8 cm³/mol. The Labute approximate surface area is 81.0 Å². The van der Waals surface area contributed by atoms with Gasteiger partial charge in [-0.05, 0) is 18.2 Å². The molecule has 0 aliphatic carbocycles. The minimum Gasteiger partial charge on any atom is -0.454 e. The van der Waals surface area contributed by atoms with Crippen LogP contribution in [0.1, 0.15) is 10.4 Å². The first-order valence-electron chi connectivity index (χ1n) is 4.11. The zero-order valence-electron chi connectivity index (χ0n) is 7.69. The minimum atomic E-state index is -0.261. The van der Waals surface area contributed by atoms with Gasteiger partial charge in [-0.2, -0.15) is 0 Å². The van der Waals surface area contributed by atoms with Crippen LogP contribution < -0.4 is 15.3 Å². The quantitative estimate of drug-likeness (QED) is 0.398. The van der Waals surface area contributed by atoms with E-state index in [0.29, 0.717) is 17.1 Å². The Balaban J connectivity index is 2.33. The van der Waals surface area contributed by atoms with Crippen molar-refractivity contribution in [3.8, 4) is 11.5 Å². The van der Waals surface area contributed by atoms with Gasteiger partial charge in [0.1, 0.15) is 0 Å². The molecule has 5 heteroatoms. The highest BCUT2D eigenvalue weighted by atomic mass is 16.7. The van der Waals surface area contributed by atoms with Gasteiger partial charge in [-0.1, -0.05) is 0 Å². The van der Waals surface area contributed by atoms with Crippen molar-refractivity contribution in [2.24, 2.45) is 5.84 Å². The van der Waals surface area contributed by atoms with E-state index in [1.165, 1.54) is 7.05 Å². The highest BCUT2D eigenvalue weighted by Gasteiger charge is 2.16. The number of carbonyl (C=O) groups excluding carboxylic acids is 1. The zero-order chi connectivity index (χ0) is 10.1. The third kappa shape index (κ3) is 1.38. The number of benzene rings is 1. The molecule has 14 heavy (non-hydrogen) atoms. The second-order valence-corrected chi connectivity index (χ2v) is 2.98. The largest absolute Gasteiger partial charge is 0.454 e. The van der Waals surface area contributed by atoms with Gasteiger partial charge in [0.2, 0.25) is 6.79 Å². The van der Waals surface area contributed by atoms with E-state index in [2.05, 4.69) is 0 Å². The van der Waals surface area contributed by atoms with Crippen LogP contribution in [-0.2, 0) is 0 Å². The molecule has 0 aromatic heterocycles. The van der Waals surface area contributed by atoms with Gasteiger partial charge in [-0.15, -0.1) is 0 Å². The molecule has 0 radical (unpaired) electrons. The highest BCUT2D eigenvalue weighted by molar-refractivity contribution is 5.94. The van der Waals surface area contributed by atoms with E-state index >= 15 is 0 Å². The number of nitrogens with two attached hydrogens (primary N) is 1. The van der Waals surface area contributed by atoms with Crippen molar-refractivity contribution in [1.29, 1.82) is 0 Å². The summed E-state index contributed by atoms with van der Waals surface area (Å²) in [6, 6.07) is 4.96. The van der Waals surface area contributed by atoms with E-state index < -0.39 is 0 Å². The lowest BCUT2D eigenvalue weighted by Gasteiger charge is -2.09. The molecule has 0 saturated carbocycles. The number of hydrazine groups is 1. The Morgan fingerprint density at radius 1 is 1.43 bits per heavy atom. The summed E-state index contributed by atoms with van der Waals surface area (Å²) in [4.78, 5) is 11.4. The summed E-state index contributed by atoms with van der Waals surface area (Å²) in [5.41, 5.74) is 0.485. The van der Waals surface area contributed by atoms with Crippen molar-refractivity contribution in [3.63, 3.8) is 0 Å². The maximum atomic E-state index is 11.4. The van der Waals surface area contributed by atoms with Gasteiger partial charge in [0, 0.05) is 12.6 Å². The fourth-order valence-corrected chi connectivity index (χ4v) is 1.23. The molecular formula is C9H10N2O3. The number of nitrogens with zero attached hydrogens (tertiary/aromatic N) is 1. The van der Waals surface area contributed by atoms with Crippen LogP contribution in [0.5, 0.6) is 11.5 Å². The molecule has 0 bridgehead atoms. The molecule has 0 unspecified atom stereocenters. The number of hydrogen-bond donors (Lipinski definition) is 1. The maximum absolute atomic E-state index is 11.4. The molecule has 1 aromatic rings. The lowest BCUT2D eigenvalue weighted by molar-refractivity contribution is 0.0794. The fourth-order valence-electron chi connectivity index (χ4n) is 1.23. The maximum Gasteiger partial charge on any atom is 0.267 e. The summed E-state index contributed by atoms with van der Waals surface area (Å²) in [5.74, 6) is 6.30. The molecule has 1 heterocycles. The Morgan fingerprint density at radius 3 is 2.86 bits per heavy atom. The topological polar surface area (TPSA) is 64.8 Å². The highest BCUT2D eigenvalue weighted by Crippen LogP contribution is 2.32. The SMILES string of the molecule is CN(N)C(=O)c1ccc2c(c1)OCO2. The fraction of sp³-hybridized carbons (Fsp3) is 0.222.